The Kier molecular flexibility index (Phi) is 6.59. The highest BCUT2D eigenvalue weighted by Gasteiger charge is 2.13. The molecular formula is C12H17Cl2NS. The number of hydrogen-bond acceptors (Lipinski definition) is 2. The number of thioether (sulfide) groups is 1. The SMILES string of the molecule is CCNC(CCSC)c1cc(Cl)ccc1Cl. The molecule has 0 aliphatic heterocycles. The number of nitrogens with one attached hydrogen (secondary N) is 1. The number of halogens is 2. The fourth-order valence-electron chi connectivity index (χ4n) is 1.63. The van der Waals surface area contributed by atoms with Gasteiger partial charge in [0, 0.05) is 16.1 Å². The highest BCUT2D eigenvalue weighted by atomic mass is 35.5. The first-order chi connectivity index (χ1) is 7.69. The maximum absolute atomic E-state index is 6.20. The van der Waals surface area contributed by atoms with Crippen LogP contribution in [0.15, 0.2) is 18.2 Å². The zero-order chi connectivity index (χ0) is 12.0. The Morgan fingerprint density at radius 3 is 2.75 bits per heavy atom. The van der Waals surface area contributed by atoms with Crippen molar-refractivity contribution in [2.45, 2.75) is 19.4 Å². The van der Waals surface area contributed by atoms with Crippen molar-refractivity contribution in [2.75, 3.05) is 18.6 Å². The van der Waals surface area contributed by atoms with Crippen molar-refractivity contribution in [1.82, 2.24) is 5.32 Å². The molecule has 0 fully saturated rings. The van der Waals surface area contributed by atoms with Crippen LogP contribution in [0.3, 0.4) is 0 Å². The Balaban J connectivity index is 2.85. The van der Waals surface area contributed by atoms with Crippen molar-refractivity contribution < 1.29 is 0 Å². The highest BCUT2D eigenvalue weighted by Crippen LogP contribution is 2.28. The average molecular weight is 278 g/mol. The molecule has 0 aliphatic rings. The lowest BCUT2D eigenvalue weighted by molar-refractivity contribution is 0.541. The zero-order valence-corrected chi connectivity index (χ0v) is 11.9. The summed E-state index contributed by atoms with van der Waals surface area (Å²) >= 11 is 14.0. The van der Waals surface area contributed by atoms with Crippen LogP contribution in [0.1, 0.15) is 24.9 Å². The molecule has 0 radical (unpaired) electrons. The van der Waals surface area contributed by atoms with Gasteiger partial charge in [0.2, 0.25) is 0 Å². The van der Waals surface area contributed by atoms with Gasteiger partial charge in [0.15, 0.2) is 0 Å². The van der Waals surface area contributed by atoms with Crippen LogP contribution in [-0.2, 0) is 0 Å². The van der Waals surface area contributed by atoms with Crippen LogP contribution in [-0.4, -0.2) is 18.6 Å². The van der Waals surface area contributed by atoms with Crippen LogP contribution in [0.5, 0.6) is 0 Å². The molecule has 1 N–H and O–H groups in total. The summed E-state index contributed by atoms with van der Waals surface area (Å²) in [6, 6.07) is 5.94. The minimum absolute atomic E-state index is 0.295. The van der Waals surface area contributed by atoms with E-state index in [2.05, 4.69) is 18.5 Å². The molecule has 0 saturated heterocycles. The van der Waals surface area contributed by atoms with Gasteiger partial charge in [-0.15, -0.1) is 0 Å². The van der Waals surface area contributed by atoms with Gasteiger partial charge in [-0.2, -0.15) is 11.8 Å². The third kappa shape index (κ3) is 4.17. The van der Waals surface area contributed by atoms with Crippen molar-refractivity contribution >= 4 is 35.0 Å². The van der Waals surface area contributed by atoms with Gasteiger partial charge in [-0.25, -0.2) is 0 Å². The second-order valence-electron chi connectivity index (χ2n) is 3.56. The smallest absolute Gasteiger partial charge is 0.0454 e. The fourth-order valence-corrected chi connectivity index (χ4v) is 2.53. The summed E-state index contributed by atoms with van der Waals surface area (Å²) in [5, 5.41) is 4.98. The summed E-state index contributed by atoms with van der Waals surface area (Å²) in [7, 11) is 0. The van der Waals surface area contributed by atoms with E-state index in [0.717, 1.165) is 34.3 Å². The Hall–Kier alpha value is 0.110. The molecule has 1 unspecified atom stereocenters. The van der Waals surface area contributed by atoms with Crippen LogP contribution >= 0.6 is 35.0 Å². The van der Waals surface area contributed by atoms with E-state index < -0.39 is 0 Å². The molecule has 4 heteroatoms. The molecule has 0 saturated carbocycles. The van der Waals surface area contributed by atoms with E-state index in [1.807, 2.05) is 30.0 Å². The molecule has 0 heterocycles. The first-order valence-corrected chi connectivity index (χ1v) is 7.51. The molecule has 1 aromatic carbocycles. The van der Waals surface area contributed by atoms with Crippen molar-refractivity contribution in [1.29, 1.82) is 0 Å². The summed E-state index contributed by atoms with van der Waals surface area (Å²) in [6.07, 6.45) is 3.18. The van der Waals surface area contributed by atoms with Crippen LogP contribution < -0.4 is 5.32 Å². The highest BCUT2D eigenvalue weighted by molar-refractivity contribution is 7.98. The molecule has 0 aliphatic carbocycles. The molecule has 1 nitrogen and oxygen atoms in total. The molecule has 1 rings (SSSR count). The Labute approximate surface area is 112 Å². The molecule has 0 bridgehead atoms. The van der Waals surface area contributed by atoms with Gasteiger partial charge in [-0.1, -0.05) is 30.1 Å². The standard InChI is InChI=1S/C12H17Cl2NS/c1-3-15-12(6-7-16-2)10-8-9(13)4-5-11(10)14/h4-5,8,12,15H,3,6-7H2,1-2H3. The minimum Gasteiger partial charge on any atom is -0.310 e. The zero-order valence-electron chi connectivity index (χ0n) is 9.59. The van der Waals surface area contributed by atoms with Gasteiger partial charge in [-0.3, -0.25) is 0 Å². The van der Waals surface area contributed by atoms with Crippen molar-refractivity contribution in [3.8, 4) is 0 Å². The third-order valence-corrected chi connectivity index (χ3v) is 3.62. The first-order valence-electron chi connectivity index (χ1n) is 5.36. The van der Waals surface area contributed by atoms with E-state index in [-0.39, 0.29) is 0 Å². The van der Waals surface area contributed by atoms with Crippen LogP contribution in [0.2, 0.25) is 10.0 Å². The van der Waals surface area contributed by atoms with Gasteiger partial charge < -0.3 is 5.32 Å². The van der Waals surface area contributed by atoms with E-state index in [4.69, 9.17) is 23.2 Å². The van der Waals surface area contributed by atoms with Gasteiger partial charge in [0.25, 0.3) is 0 Å². The maximum Gasteiger partial charge on any atom is 0.0454 e. The average Bonchev–Trinajstić information content (AvgIpc) is 2.28. The van der Waals surface area contributed by atoms with Gasteiger partial charge in [-0.05, 0) is 48.7 Å². The van der Waals surface area contributed by atoms with Crippen molar-refractivity contribution in [2.24, 2.45) is 0 Å². The van der Waals surface area contributed by atoms with E-state index in [1.54, 1.807) is 0 Å². The minimum atomic E-state index is 0.295. The molecule has 0 aromatic heterocycles. The molecule has 0 spiro atoms. The molecule has 90 valence electrons. The van der Waals surface area contributed by atoms with E-state index in [1.165, 1.54) is 0 Å². The normalized spacial score (nSPS) is 12.8. The summed E-state index contributed by atoms with van der Waals surface area (Å²) in [5.74, 6) is 1.11. The lowest BCUT2D eigenvalue weighted by Crippen LogP contribution is -2.21. The maximum atomic E-state index is 6.20. The Bertz CT molecular complexity index is 331. The summed E-state index contributed by atoms with van der Waals surface area (Å²) < 4.78 is 0. The van der Waals surface area contributed by atoms with Gasteiger partial charge >= 0.3 is 0 Å². The first kappa shape index (κ1) is 14.2. The third-order valence-electron chi connectivity index (χ3n) is 2.39. The summed E-state index contributed by atoms with van der Waals surface area (Å²) in [6.45, 7) is 3.03. The monoisotopic (exact) mass is 277 g/mol. The van der Waals surface area contributed by atoms with Crippen molar-refractivity contribution in [3.05, 3.63) is 33.8 Å². The molecule has 1 aromatic rings. The topological polar surface area (TPSA) is 12.0 Å². The molecule has 1 atom stereocenters. The van der Waals surface area contributed by atoms with E-state index in [9.17, 15) is 0 Å². The van der Waals surface area contributed by atoms with Crippen LogP contribution in [0.25, 0.3) is 0 Å². The molecule has 16 heavy (non-hydrogen) atoms. The van der Waals surface area contributed by atoms with E-state index in [0.29, 0.717) is 6.04 Å². The Morgan fingerprint density at radius 1 is 1.38 bits per heavy atom. The van der Waals surface area contributed by atoms with Gasteiger partial charge in [0.1, 0.15) is 0 Å². The Morgan fingerprint density at radius 2 is 2.12 bits per heavy atom. The largest absolute Gasteiger partial charge is 0.310 e. The van der Waals surface area contributed by atoms with Crippen LogP contribution in [0, 0.1) is 0 Å². The van der Waals surface area contributed by atoms with Crippen LogP contribution in [0.4, 0.5) is 0 Å². The summed E-state index contributed by atoms with van der Waals surface area (Å²) in [4.78, 5) is 0. The second-order valence-corrected chi connectivity index (χ2v) is 5.39. The lowest BCUT2D eigenvalue weighted by Gasteiger charge is -2.19. The predicted molar refractivity (Wildman–Crippen MR) is 75.9 cm³/mol. The number of rotatable bonds is 6. The van der Waals surface area contributed by atoms with Crippen molar-refractivity contribution in [3.63, 3.8) is 0 Å². The number of hydrogen-bond donors (Lipinski definition) is 1. The lowest BCUT2D eigenvalue weighted by atomic mass is 10.0. The predicted octanol–water partition coefficient (Wildman–Crippen LogP) is 4.40. The fraction of sp³-hybridized carbons (Fsp3) is 0.500. The molecular weight excluding hydrogens is 261 g/mol. The second kappa shape index (κ2) is 7.44. The van der Waals surface area contributed by atoms with Gasteiger partial charge in [0.05, 0.1) is 0 Å². The summed E-state index contributed by atoms with van der Waals surface area (Å²) in [5.41, 5.74) is 1.10. The molecule has 0 amide bonds. The quantitative estimate of drug-likeness (QED) is 0.827. The van der Waals surface area contributed by atoms with E-state index >= 15 is 0 Å². The number of benzene rings is 1.